The monoisotopic (exact) mass is 284 g/mol. The van der Waals surface area contributed by atoms with Crippen molar-refractivity contribution in [3.05, 3.63) is 11.7 Å². The molecule has 0 aliphatic heterocycles. The Morgan fingerprint density at radius 3 is 2.65 bits per heavy atom. The van der Waals surface area contributed by atoms with E-state index in [1.807, 2.05) is 27.7 Å². The van der Waals surface area contributed by atoms with Gasteiger partial charge in [0.25, 0.3) is 0 Å². The Hall–Kier alpha value is -1.47. The van der Waals surface area contributed by atoms with Crippen molar-refractivity contribution in [3.8, 4) is 0 Å². The van der Waals surface area contributed by atoms with Crippen LogP contribution in [0.5, 0.6) is 0 Å². The molecule has 2 N–H and O–H groups in total. The fourth-order valence-corrected chi connectivity index (χ4v) is 1.64. The van der Waals surface area contributed by atoms with E-state index in [0.717, 1.165) is 0 Å². The third-order valence-corrected chi connectivity index (χ3v) is 3.02. The maximum absolute atomic E-state index is 12.0. The van der Waals surface area contributed by atoms with Crippen molar-refractivity contribution >= 4 is 5.91 Å². The lowest BCUT2D eigenvalue weighted by Gasteiger charge is -2.21. The number of carbonyl (C=O) groups is 1. The first-order valence-corrected chi connectivity index (χ1v) is 6.81. The molecule has 0 bridgehead atoms. The van der Waals surface area contributed by atoms with Gasteiger partial charge in [-0.25, -0.2) is 0 Å². The van der Waals surface area contributed by atoms with Crippen LogP contribution in [0.4, 0.5) is 0 Å². The van der Waals surface area contributed by atoms with Gasteiger partial charge in [-0.05, 0) is 19.8 Å². The van der Waals surface area contributed by atoms with Crippen molar-refractivity contribution in [2.45, 2.75) is 46.4 Å². The highest BCUT2D eigenvalue weighted by atomic mass is 16.5. The fourth-order valence-electron chi connectivity index (χ4n) is 1.64. The summed E-state index contributed by atoms with van der Waals surface area (Å²) in [6.45, 7) is 8.38. The van der Waals surface area contributed by atoms with E-state index in [-0.39, 0.29) is 24.5 Å². The summed E-state index contributed by atoms with van der Waals surface area (Å²) in [5.41, 5.74) is 5.83. The normalized spacial score (nSPS) is 14.3. The summed E-state index contributed by atoms with van der Waals surface area (Å²) in [6.07, 6.45) is -0.226. The molecule has 1 aromatic rings. The van der Waals surface area contributed by atoms with E-state index in [1.165, 1.54) is 4.90 Å². The molecular weight excluding hydrogens is 260 g/mol. The second-order valence-corrected chi connectivity index (χ2v) is 5.11. The average molecular weight is 284 g/mol. The maximum Gasteiger partial charge on any atom is 0.246 e. The molecule has 0 saturated heterocycles. The lowest BCUT2D eigenvalue weighted by atomic mass is 10.0. The first-order valence-electron chi connectivity index (χ1n) is 6.81. The molecule has 0 aromatic carbocycles. The van der Waals surface area contributed by atoms with E-state index in [4.69, 9.17) is 15.0 Å². The standard InChI is InChI=1S/C13H24N4O3/c1-6-19-9(4)12-15-10(20-16-12)7-17(5)13(18)11(14)8(2)3/h8-9,11H,6-7,14H2,1-5H3/t9?,11-/m0/s1. The quantitative estimate of drug-likeness (QED) is 0.806. The van der Waals surface area contributed by atoms with E-state index in [1.54, 1.807) is 7.05 Å². The largest absolute Gasteiger partial charge is 0.371 e. The number of amides is 1. The van der Waals surface area contributed by atoms with Gasteiger partial charge in [0.15, 0.2) is 5.82 Å². The number of hydrogen-bond donors (Lipinski definition) is 1. The predicted molar refractivity (Wildman–Crippen MR) is 73.6 cm³/mol. The molecule has 0 fully saturated rings. The van der Waals surface area contributed by atoms with Crippen LogP contribution in [-0.2, 0) is 16.1 Å². The van der Waals surface area contributed by atoms with Gasteiger partial charge in [-0.1, -0.05) is 19.0 Å². The Balaban J connectivity index is 2.62. The van der Waals surface area contributed by atoms with Crippen molar-refractivity contribution in [2.75, 3.05) is 13.7 Å². The number of hydrogen-bond acceptors (Lipinski definition) is 6. The fraction of sp³-hybridized carbons (Fsp3) is 0.769. The molecule has 7 heteroatoms. The molecule has 0 aliphatic rings. The minimum absolute atomic E-state index is 0.0844. The van der Waals surface area contributed by atoms with Crippen molar-refractivity contribution in [2.24, 2.45) is 11.7 Å². The lowest BCUT2D eigenvalue weighted by Crippen LogP contribution is -2.44. The highest BCUT2D eigenvalue weighted by Crippen LogP contribution is 2.13. The summed E-state index contributed by atoms with van der Waals surface area (Å²) in [5, 5.41) is 3.85. The summed E-state index contributed by atoms with van der Waals surface area (Å²) in [5.74, 6) is 0.799. The van der Waals surface area contributed by atoms with Gasteiger partial charge in [0.05, 0.1) is 12.6 Å². The van der Waals surface area contributed by atoms with E-state index in [9.17, 15) is 4.79 Å². The molecule has 114 valence electrons. The van der Waals surface area contributed by atoms with E-state index in [0.29, 0.717) is 18.3 Å². The van der Waals surface area contributed by atoms with Crippen LogP contribution in [0.3, 0.4) is 0 Å². The van der Waals surface area contributed by atoms with Crippen LogP contribution in [0.25, 0.3) is 0 Å². The van der Waals surface area contributed by atoms with Crippen LogP contribution in [0.2, 0.25) is 0 Å². The van der Waals surface area contributed by atoms with Crippen LogP contribution in [0, 0.1) is 5.92 Å². The number of aromatic nitrogens is 2. The van der Waals surface area contributed by atoms with Gasteiger partial charge < -0.3 is 19.9 Å². The van der Waals surface area contributed by atoms with E-state index >= 15 is 0 Å². The number of nitrogens with zero attached hydrogens (tertiary/aromatic N) is 3. The number of rotatable bonds is 7. The van der Waals surface area contributed by atoms with Crippen LogP contribution < -0.4 is 5.73 Å². The molecular formula is C13H24N4O3. The van der Waals surface area contributed by atoms with Gasteiger partial charge in [-0.2, -0.15) is 4.98 Å². The van der Waals surface area contributed by atoms with Crippen LogP contribution in [0.15, 0.2) is 4.52 Å². The van der Waals surface area contributed by atoms with Crippen molar-refractivity contribution in [1.82, 2.24) is 15.0 Å². The van der Waals surface area contributed by atoms with Crippen molar-refractivity contribution < 1.29 is 14.1 Å². The van der Waals surface area contributed by atoms with Crippen molar-refractivity contribution in [1.29, 1.82) is 0 Å². The van der Waals surface area contributed by atoms with E-state index in [2.05, 4.69) is 10.1 Å². The zero-order chi connectivity index (χ0) is 15.3. The van der Waals surface area contributed by atoms with Crippen molar-refractivity contribution in [3.63, 3.8) is 0 Å². The Labute approximate surface area is 119 Å². The first kappa shape index (κ1) is 16.6. The summed E-state index contributed by atoms with van der Waals surface area (Å²) in [7, 11) is 1.67. The highest BCUT2D eigenvalue weighted by Gasteiger charge is 2.23. The van der Waals surface area contributed by atoms with E-state index < -0.39 is 6.04 Å². The van der Waals surface area contributed by atoms with Gasteiger partial charge in [0, 0.05) is 13.7 Å². The lowest BCUT2D eigenvalue weighted by molar-refractivity contribution is -0.133. The summed E-state index contributed by atoms with van der Waals surface area (Å²) in [4.78, 5) is 17.7. The van der Waals surface area contributed by atoms with Crippen LogP contribution in [0.1, 0.15) is 45.5 Å². The van der Waals surface area contributed by atoms with Crippen LogP contribution in [-0.4, -0.2) is 40.6 Å². The zero-order valence-electron chi connectivity index (χ0n) is 12.8. The minimum Gasteiger partial charge on any atom is -0.371 e. The summed E-state index contributed by atoms with van der Waals surface area (Å²) < 4.78 is 10.5. The van der Waals surface area contributed by atoms with Gasteiger partial charge in [0.2, 0.25) is 11.8 Å². The molecule has 1 amide bonds. The molecule has 1 heterocycles. The molecule has 1 aromatic heterocycles. The van der Waals surface area contributed by atoms with Crippen LogP contribution >= 0.6 is 0 Å². The molecule has 2 atom stereocenters. The highest BCUT2D eigenvalue weighted by molar-refractivity contribution is 5.81. The molecule has 1 unspecified atom stereocenters. The molecule has 0 spiro atoms. The van der Waals surface area contributed by atoms with Gasteiger partial charge >= 0.3 is 0 Å². The van der Waals surface area contributed by atoms with Gasteiger partial charge in [-0.15, -0.1) is 0 Å². The summed E-state index contributed by atoms with van der Waals surface area (Å²) in [6, 6.07) is -0.523. The number of nitrogens with two attached hydrogens (primary N) is 1. The molecule has 0 radical (unpaired) electrons. The Morgan fingerprint density at radius 1 is 1.45 bits per heavy atom. The Kier molecular flexibility index (Phi) is 6.09. The van der Waals surface area contributed by atoms with Gasteiger partial charge in [0.1, 0.15) is 6.10 Å². The third kappa shape index (κ3) is 4.28. The van der Waals surface area contributed by atoms with Gasteiger partial charge in [-0.3, -0.25) is 4.79 Å². The molecule has 20 heavy (non-hydrogen) atoms. The molecule has 0 saturated carbocycles. The SMILES string of the molecule is CCOC(C)c1noc(CN(C)C(=O)[C@@H](N)C(C)C)n1. The molecule has 7 nitrogen and oxygen atoms in total. The third-order valence-electron chi connectivity index (χ3n) is 3.02. The number of ether oxygens (including phenoxy) is 1. The number of likely N-dealkylation sites (N-methyl/N-ethyl adjacent to an activating group) is 1. The zero-order valence-corrected chi connectivity index (χ0v) is 12.8. The predicted octanol–water partition coefficient (Wildman–Crippen LogP) is 1.11. The smallest absolute Gasteiger partial charge is 0.246 e. The Morgan fingerprint density at radius 2 is 2.10 bits per heavy atom. The molecule has 0 aliphatic carbocycles. The maximum atomic E-state index is 12.0. The average Bonchev–Trinajstić information content (AvgIpc) is 2.85. The topological polar surface area (TPSA) is 94.5 Å². The first-order chi connectivity index (χ1) is 9.36. The number of carbonyl (C=O) groups excluding carboxylic acids is 1. The second-order valence-electron chi connectivity index (χ2n) is 5.11. The Bertz CT molecular complexity index is 433. The summed E-state index contributed by atoms with van der Waals surface area (Å²) >= 11 is 0. The minimum atomic E-state index is -0.523. The molecule has 1 rings (SSSR count). The second kappa shape index (κ2) is 7.35.